The van der Waals surface area contributed by atoms with Crippen LogP contribution in [0.25, 0.3) is 0 Å². The Balaban J connectivity index is 0.000000300. The number of amides is 2. The minimum absolute atomic E-state index is 0.118. The van der Waals surface area contributed by atoms with Gasteiger partial charge in [0.1, 0.15) is 0 Å². The van der Waals surface area contributed by atoms with Crippen LogP contribution >= 0.6 is 0 Å². The molecule has 5 rings (SSSR count). The summed E-state index contributed by atoms with van der Waals surface area (Å²) in [7, 11) is 2.25. The van der Waals surface area contributed by atoms with Crippen molar-refractivity contribution in [1.29, 1.82) is 0 Å². The van der Waals surface area contributed by atoms with Gasteiger partial charge < -0.3 is 15.5 Å². The highest BCUT2D eigenvalue weighted by Crippen LogP contribution is 2.43. The van der Waals surface area contributed by atoms with Gasteiger partial charge in [0.2, 0.25) is 11.8 Å². The number of carbonyl (C=O) groups is 2. The van der Waals surface area contributed by atoms with Gasteiger partial charge in [0.05, 0.1) is 0 Å². The summed E-state index contributed by atoms with van der Waals surface area (Å²) in [6.45, 7) is 49.1. The second-order valence-corrected chi connectivity index (χ2v) is 27.4. The summed E-state index contributed by atoms with van der Waals surface area (Å²) in [5.74, 6) is 8.24. The zero-order valence-corrected chi connectivity index (χ0v) is 47.5. The van der Waals surface area contributed by atoms with E-state index in [0.29, 0.717) is 40.2 Å². The van der Waals surface area contributed by atoms with Crippen LogP contribution in [0.15, 0.2) is 0 Å². The SMILES string of the molecule is CC(=O)NC1CCC([C@@H](C)C(C)(C)C)CC1.CC1CCC([C@@H](C)C(C)(C)C)CC1.CCC(=O)NC1CCC([C@@H](C)C(C)(C)C)CC1.C[C@H](C1CCC(N2CCN(C)CC2)CC1)C(C)(C)C. The predicted octanol–water partition coefficient (Wildman–Crippen LogP) is 15.1. The van der Waals surface area contributed by atoms with Gasteiger partial charge >= 0.3 is 0 Å². The topological polar surface area (TPSA) is 64.7 Å². The first-order valence-corrected chi connectivity index (χ1v) is 27.9. The quantitative estimate of drug-likeness (QED) is 0.255. The van der Waals surface area contributed by atoms with Gasteiger partial charge in [-0.25, -0.2) is 0 Å². The maximum atomic E-state index is 11.3. The van der Waals surface area contributed by atoms with E-state index in [1.807, 2.05) is 6.92 Å². The third kappa shape index (κ3) is 22.0. The van der Waals surface area contributed by atoms with E-state index in [4.69, 9.17) is 0 Å². The molecule has 1 heterocycles. The van der Waals surface area contributed by atoms with Crippen LogP contribution in [-0.4, -0.2) is 73.0 Å². The molecule has 0 aromatic rings. The maximum absolute atomic E-state index is 11.3. The van der Waals surface area contributed by atoms with E-state index in [-0.39, 0.29) is 11.8 Å². The normalized spacial score (nSPS) is 30.6. The molecule has 4 aliphatic carbocycles. The molecule has 5 aliphatic rings. The van der Waals surface area contributed by atoms with Gasteiger partial charge in [0.15, 0.2) is 0 Å². The number of likely N-dealkylation sites (N-methyl/N-ethyl adjacent to an activating group) is 1. The Morgan fingerprint density at radius 3 is 1.06 bits per heavy atom. The van der Waals surface area contributed by atoms with E-state index < -0.39 is 0 Å². The average Bonchev–Trinajstić information content (AvgIpc) is 3.23. The molecule has 4 atom stereocenters. The Labute approximate surface area is 407 Å². The summed E-state index contributed by atoms with van der Waals surface area (Å²) >= 11 is 0. The summed E-state index contributed by atoms with van der Waals surface area (Å²) in [6.07, 6.45) is 22.0. The second-order valence-electron chi connectivity index (χ2n) is 27.4. The minimum Gasteiger partial charge on any atom is -0.354 e. The molecule has 1 aliphatic heterocycles. The molecule has 0 radical (unpaired) electrons. The summed E-state index contributed by atoms with van der Waals surface area (Å²) in [5.41, 5.74) is 1.80. The molecule has 0 aromatic carbocycles. The first kappa shape index (κ1) is 60.0. The van der Waals surface area contributed by atoms with Crippen molar-refractivity contribution in [3.8, 4) is 0 Å². The number of hydrogen-bond donors (Lipinski definition) is 2. The number of hydrogen-bond acceptors (Lipinski definition) is 4. The number of rotatable bonds is 8. The molecule has 6 heteroatoms. The molecular formula is C59H116N4O2. The molecule has 1 saturated heterocycles. The molecule has 0 aromatic heterocycles. The molecule has 384 valence electrons. The van der Waals surface area contributed by atoms with E-state index in [9.17, 15) is 9.59 Å². The lowest BCUT2D eigenvalue weighted by Crippen LogP contribution is -2.50. The first-order chi connectivity index (χ1) is 29.9. The fraction of sp³-hybridized carbons (Fsp3) is 0.966. The summed E-state index contributed by atoms with van der Waals surface area (Å²) in [4.78, 5) is 27.5. The highest BCUT2D eigenvalue weighted by molar-refractivity contribution is 5.75. The average molecular weight is 914 g/mol. The number of nitrogens with zero attached hydrogens (tertiary/aromatic N) is 2. The highest BCUT2D eigenvalue weighted by atomic mass is 16.2. The standard InChI is InChI=1S/C17H34N2.C15H29NO.C14H27NO.C13H26/c1-14(17(2,3)4)15-6-8-16(9-7-15)19-12-10-18(5)11-13-19;1-6-14(17)16-13-9-7-12(8-10-13)11(2)15(3,4)5;1-10(14(3,4)5)12-6-8-13(9-7-12)15-11(2)16;1-10-6-8-12(9-7-10)11(2)13(3,4)5/h14-16H,6-13H2,1-5H3;11-13H,6-10H2,1-5H3,(H,16,17);10,12-13H,6-9H2,1-5H3,(H,15,16);10-12H,6-9H2,1-5H3/t14-,15?,16?;11-,12?,13?;10-,12?,13?;10?,11-,12?/m1111/s1. The van der Waals surface area contributed by atoms with Gasteiger partial charge in [-0.1, -0.05) is 137 Å². The second kappa shape index (κ2) is 27.3. The van der Waals surface area contributed by atoms with Crippen molar-refractivity contribution >= 4 is 11.8 Å². The lowest BCUT2D eigenvalue weighted by molar-refractivity contribution is -0.122. The predicted molar refractivity (Wildman–Crippen MR) is 284 cm³/mol. The molecule has 6 nitrogen and oxygen atoms in total. The Morgan fingerprint density at radius 1 is 0.477 bits per heavy atom. The zero-order valence-electron chi connectivity index (χ0n) is 47.5. The van der Waals surface area contributed by atoms with Crippen LogP contribution < -0.4 is 10.6 Å². The van der Waals surface area contributed by atoms with Gasteiger partial charge in [0, 0.05) is 57.6 Å². The minimum atomic E-state index is 0.118. The number of piperazine rings is 1. The highest BCUT2D eigenvalue weighted by Gasteiger charge is 2.36. The van der Waals surface area contributed by atoms with Gasteiger partial charge in [0.25, 0.3) is 0 Å². The Hall–Kier alpha value is -1.14. The maximum Gasteiger partial charge on any atom is 0.219 e. The van der Waals surface area contributed by atoms with Crippen molar-refractivity contribution in [3.05, 3.63) is 0 Å². The van der Waals surface area contributed by atoms with Crippen molar-refractivity contribution < 1.29 is 9.59 Å². The van der Waals surface area contributed by atoms with Crippen molar-refractivity contribution in [3.63, 3.8) is 0 Å². The molecule has 2 N–H and O–H groups in total. The van der Waals surface area contributed by atoms with Crippen LogP contribution in [0.4, 0.5) is 0 Å². The van der Waals surface area contributed by atoms with Crippen LogP contribution in [-0.2, 0) is 9.59 Å². The van der Waals surface area contributed by atoms with Gasteiger partial charge in [-0.3, -0.25) is 14.5 Å². The zero-order chi connectivity index (χ0) is 49.5. The molecule has 2 amide bonds. The van der Waals surface area contributed by atoms with Crippen LogP contribution in [0, 0.1) is 74.9 Å². The molecule has 4 saturated carbocycles. The first-order valence-electron chi connectivity index (χ1n) is 27.9. The molecule has 0 spiro atoms. The van der Waals surface area contributed by atoms with Crippen LogP contribution in [0.3, 0.4) is 0 Å². The Morgan fingerprint density at radius 2 is 0.769 bits per heavy atom. The summed E-state index contributed by atoms with van der Waals surface area (Å²) < 4.78 is 0. The largest absolute Gasteiger partial charge is 0.354 e. The van der Waals surface area contributed by atoms with Crippen LogP contribution in [0.5, 0.6) is 0 Å². The van der Waals surface area contributed by atoms with Crippen molar-refractivity contribution in [1.82, 2.24) is 20.4 Å². The molecule has 5 fully saturated rings. The van der Waals surface area contributed by atoms with Gasteiger partial charge in [-0.05, 0) is 172 Å². The van der Waals surface area contributed by atoms with E-state index >= 15 is 0 Å². The van der Waals surface area contributed by atoms with Gasteiger partial charge in [-0.2, -0.15) is 0 Å². The van der Waals surface area contributed by atoms with Crippen molar-refractivity contribution in [2.24, 2.45) is 74.9 Å². The fourth-order valence-corrected chi connectivity index (χ4v) is 11.9. The molecule has 65 heavy (non-hydrogen) atoms. The lowest BCUT2D eigenvalue weighted by Gasteiger charge is -2.44. The monoisotopic (exact) mass is 913 g/mol. The Kier molecular flexibility index (Phi) is 25.2. The van der Waals surface area contributed by atoms with Crippen molar-refractivity contribution in [2.45, 2.75) is 259 Å². The molecule has 0 bridgehead atoms. The third-order valence-electron chi connectivity index (χ3n) is 18.8. The third-order valence-corrected chi connectivity index (χ3v) is 18.8. The van der Waals surface area contributed by atoms with Crippen LogP contribution in [0.1, 0.15) is 241 Å². The lowest BCUT2D eigenvalue weighted by atomic mass is 9.68. The molecule has 0 unspecified atom stereocenters. The summed E-state index contributed by atoms with van der Waals surface area (Å²) in [6, 6.07) is 1.75. The van der Waals surface area contributed by atoms with Gasteiger partial charge in [-0.15, -0.1) is 0 Å². The smallest absolute Gasteiger partial charge is 0.219 e. The van der Waals surface area contributed by atoms with E-state index in [0.717, 1.165) is 85.0 Å². The van der Waals surface area contributed by atoms with Crippen molar-refractivity contribution in [2.75, 3.05) is 33.2 Å². The fourth-order valence-electron chi connectivity index (χ4n) is 11.9. The Bertz CT molecular complexity index is 1290. The molecular weight excluding hydrogens is 797 g/mol. The number of nitrogens with one attached hydrogen (secondary N) is 2. The number of carbonyl (C=O) groups excluding carboxylic acids is 2. The van der Waals surface area contributed by atoms with E-state index in [2.05, 4.69) is 145 Å². The summed E-state index contributed by atoms with van der Waals surface area (Å²) in [5, 5.41) is 6.17. The van der Waals surface area contributed by atoms with E-state index in [1.165, 1.54) is 103 Å². The van der Waals surface area contributed by atoms with E-state index in [1.54, 1.807) is 6.92 Å². The van der Waals surface area contributed by atoms with Crippen LogP contribution in [0.2, 0.25) is 0 Å².